The topological polar surface area (TPSA) is 103 Å². The standard InChI is InChI=1S/C25H26FN5O4/c1-33-21-10-24(27)29-11-20(21)30-13-16-5-6-17(14-30)31(16)25(32)19-9-22(34-2)23(12-28-19)35-18-7-3-15(26)4-8-18/h3-4,7-12,16-17H,5-6,13-14H2,1-2H3,(H2,27,29). The summed E-state index contributed by atoms with van der Waals surface area (Å²) < 4.78 is 29.9. The largest absolute Gasteiger partial charge is 0.494 e. The van der Waals surface area contributed by atoms with Crippen LogP contribution < -0.4 is 24.8 Å². The van der Waals surface area contributed by atoms with E-state index in [9.17, 15) is 9.18 Å². The molecule has 3 aromatic rings. The van der Waals surface area contributed by atoms with Gasteiger partial charge in [0.1, 0.15) is 28.8 Å². The summed E-state index contributed by atoms with van der Waals surface area (Å²) in [5.41, 5.74) is 6.96. The van der Waals surface area contributed by atoms with E-state index in [0.29, 0.717) is 41.9 Å². The third kappa shape index (κ3) is 4.39. The van der Waals surface area contributed by atoms with Gasteiger partial charge in [0.2, 0.25) is 0 Å². The van der Waals surface area contributed by atoms with Crippen molar-refractivity contribution < 1.29 is 23.4 Å². The number of fused-ring (bicyclic) bond motifs is 2. The smallest absolute Gasteiger partial charge is 0.273 e. The van der Waals surface area contributed by atoms with Crippen molar-refractivity contribution in [3.05, 3.63) is 60.3 Å². The maximum atomic E-state index is 13.5. The van der Waals surface area contributed by atoms with Crippen molar-refractivity contribution in [2.75, 3.05) is 37.9 Å². The van der Waals surface area contributed by atoms with E-state index in [2.05, 4.69) is 14.9 Å². The number of amides is 1. The van der Waals surface area contributed by atoms with Crippen molar-refractivity contribution in [3.8, 4) is 23.0 Å². The summed E-state index contributed by atoms with van der Waals surface area (Å²) in [5.74, 6) is 1.71. The van der Waals surface area contributed by atoms with E-state index in [4.69, 9.17) is 19.9 Å². The van der Waals surface area contributed by atoms with Crippen molar-refractivity contribution in [2.24, 2.45) is 0 Å². The van der Waals surface area contributed by atoms with Crippen LogP contribution in [0.3, 0.4) is 0 Å². The van der Waals surface area contributed by atoms with Crippen molar-refractivity contribution in [2.45, 2.75) is 24.9 Å². The number of rotatable bonds is 6. The van der Waals surface area contributed by atoms with Crippen LogP contribution in [0.4, 0.5) is 15.9 Å². The van der Waals surface area contributed by atoms with Gasteiger partial charge in [0, 0.05) is 25.2 Å². The molecule has 4 heterocycles. The molecule has 2 aliphatic rings. The molecule has 2 saturated heterocycles. The number of ether oxygens (including phenoxy) is 3. The van der Waals surface area contributed by atoms with E-state index in [-0.39, 0.29) is 29.5 Å². The van der Waals surface area contributed by atoms with Gasteiger partial charge in [-0.05, 0) is 37.1 Å². The number of carbonyl (C=O) groups excluding carboxylic acids is 1. The van der Waals surface area contributed by atoms with E-state index in [1.54, 1.807) is 25.4 Å². The summed E-state index contributed by atoms with van der Waals surface area (Å²) in [6.45, 7) is 1.32. The molecule has 0 saturated carbocycles. The number of piperazine rings is 1. The number of benzene rings is 1. The number of carbonyl (C=O) groups is 1. The van der Waals surface area contributed by atoms with Gasteiger partial charge < -0.3 is 29.7 Å². The fourth-order valence-electron chi connectivity index (χ4n) is 4.82. The van der Waals surface area contributed by atoms with Crippen LogP contribution in [-0.2, 0) is 0 Å². The number of nitrogen functional groups attached to an aromatic ring is 1. The number of hydrogen-bond acceptors (Lipinski definition) is 8. The molecular formula is C25H26FN5O4. The van der Waals surface area contributed by atoms with Crippen LogP contribution in [0.25, 0.3) is 0 Å². The SMILES string of the molecule is COc1cc(C(=O)N2C3CCC2CN(c2cnc(N)cc2OC)C3)ncc1Oc1ccc(F)cc1. The van der Waals surface area contributed by atoms with Gasteiger partial charge in [-0.3, -0.25) is 4.79 Å². The Morgan fingerprint density at radius 3 is 2.31 bits per heavy atom. The van der Waals surface area contributed by atoms with Crippen molar-refractivity contribution in [3.63, 3.8) is 0 Å². The predicted molar refractivity (Wildman–Crippen MR) is 128 cm³/mol. The molecule has 2 fully saturated rings. The van der Waals surface area contributed by atoms with Gasteiger partial charge in [-0.25, -0.2) is 14.4 Å². The zero-order chi connectivity index (χ0) is 24.5. The Hall–Kier alpha value is -4.08. The molecule has 0 aliphatic carbocycles. The van der Waals surface area contributed by atoms with E-state index in [1.165, 1.54) is 37.6 Å². The van der Waals surface area contributed by atoms with Crippen LogP contribution in [0.2, 0.25) is 0 Å². The Labute approximate surface area is 202 Å². The molecule has 2 aliphatic heterocycles. The first kappa shape index (κ1) is 22.7. The summed E-state index contributed by atoms with van der Waals surface area (Å²) in [6.07, 6.45) is 4.98. The molecule has 1 aromatic carbocycles. The summed E-state index contributed by atoms with van der Waals surface area (Å²) in [5, 5.41) is 0. The number of anilines is 2. The van der Waals surface area contributed by atoms with Gasteiger partial charge in [-0.2, -0.15) is 0 Å². The second-order valence-electron chi connectivity index (χ2n) is 8.56. The highest BCUT2D eigenvalue weighted by atomic mass is 19.1. The fraction of sp³-hybridized carbons (Fsp3) is 0.320. The zero-order valence-corrected chi connectivity index (χ0v) is 19.5. The molecule has 0 spiro atoms. The second kappa shape index (κ2) is 9.28. The lowest BCUT2D eigenvalue weighted by Crippen LogP contribution is -2.56. The average Bonchev–Trinajstić information content (AvgIpc) is 3.14. The Kier molecular flexibility index (Phi) is 6.02. The van der Waals surface area contributed by atoms with Gasteiger partial charge >= 0.3 is 0 Å². The molecule has 35 heavy (non-hydrogen) atoms. The van der Waals surface area contributed by atoms with Gasteiger partial charge in [0.15, 0.2) is 11.5 Å². The summed E-state index contributed by atoms with van der Waals surface area (Å²) in [6, 6.07) is 8.99. The number of pyridine rings is 2. The highest BCUT2D eigenvalue weighted by Gasteiger charge is 2.44. The molecule has 10 heteroatoms. The zero-order valence-electron chi connectivity index (χ0n) is 19.5. The molecule has 2 unspecified atom stereocenters. The second-order valence-corrected chi connectivity index (χ2v) is 8.56. The first-order valence-corrected chi connectivity index (χ1v) is 11.3. The van der Waals surface area contributed by atoms with E-state index in [0.717, 1.165) is 18.5 Å². The van der Waals surface area contributed by atoms with Crippen molar-refractivity contribution >= 4 is 17.4 Å². The highest BCUT2D eigenvalue weighted by Crippen LogP contribution is 2.38. The normalized spacial score (nSPS) is 18.9. The van der Waals surface area contributed by atoms with Crippen LogP contribution in [0.15, 0.2) is 48.8 Å². The summed E-state index contributed by atoms with van der Waals surface area (Å²) in [7, 11) is 3.10. The quantitative estimate of drug-likeness (QED) is 0.573. The lowest BCUT2D eigenvalue weighted by molar-refractivity contribution is 0.0634. The average molecular weight is 480 g/mol. The third-order valence-corrected chi connectivity index (χ3v) is 6.46. The lowest BCUT2D eigenvalue weighted by Gasteiger charge is -2.42. The molecule has 2 bridgehead atoms. The number of halogens is 1. The van der Waals surface area contributed by atoms with Crippen LogP contribution in [-0.4, -0.2) is 60.2 Å². The Balaban J connectivity index is 1.34. The first-order chi connectivity index (χ1) is 17.0. The van der Waals surface area contributed by atoms with Gasteiger partial charge in [0.05, 0.1) is 44.4 Å². The summed E-state index contributed by atoms with van der Waals surface area (Å²) >= 11 is 0. The molecule has 0 radical (unpaired) electrons. The molecule has 9 nitrogen and oxygen atoms in total. The number of hydrogen-bond donors (Lipinski definition) is 1. The van der Waals surface area contributed by atoms with Crippen LogP contribution >= 0.6 is 0 Å². The fourth-order valence-corrected chi connectivity index (χ4v) is 4.82. The molecule has 5 rings (SSSR count). The molecular weight excluding hydrogens is 453 g/mol. The molecule has 2 N–H and O–H groups in total. The minimum Gasteiger partial charge on any atom is -0.494 e. The van der Waals surface area contributed by atoms with E-state index >= 15 is 0 Å². The molecule has 182 valence electrons. The molecule has 2 aromatic heterocycles. The minimum absolute atomic E-state index is 0.0337. The number of methoxy groups -OCH3 is 2. The van der Waals surface area contributed by atoms with Crippen molar-refractivity contribution in [1.82, 2.24) is 14.9 Å². The highest BCUT2D eigenvalue weighted by molar-refractivity contribution is 5.94. The number of aromatic nitrogens is 2. The van der Waals surface area contributed by atoms with E-state index < -0.39 is 0 Å². The third-order valence-electron chi connectivity index (χ3n) is 6.46. The maximum absolute atomic E-state index is 13.5. The van der Waals surface area contributed by atoms with E-state index in [1.807, 2.05) is 4.90 Å². The Bertz CT molecular complexity index is 1230. The maximum Gasteiger partial charge on any atom is 0.273 e. The predicted octanol–water partition coefficient (Wildman–Crippen LogP) is 3.50. The number of nitrogens with zero attached hydrogens (tertiary/aromatic N) is 4. The minimum atomic E-state index is -0.357. The van der Waals surface area contributed by atoms with Gasteiger partial charge in [-0.15, -0.1) is 0 Å². The van der Waals surface area contributed by atoms with Crippen LogP contribution in [0.5, 0.6) is 23.0 Å². The Morgan fingerprint density at radius 1 is 0.971 bits per heavy atom. The monoisotopic (exact) mass is 479 g/mol. The Morgan fingerprint density at radius 2 is 1.66 bits per heavy atom. The van der Waals surface area contributed by atoms with Crippen LogP contribution in [0, 0.1) is 5.82 Å². The molecule has 1 amide bonds. The van der Waals surface area contributed by atoms with Gasteiger partial charge in [-0.1, -0.05) is 0 Å². The van der Waals surface area contributed by atoms with Crippen molar-refractivity contribution in [1.29, 1.82) is 0 Å². The number of nitrogens with two attached hydrogens (primary N) is 1. The molecule has 2 atom stereocenters. The first-order valence-electron chi connectivity index (χ1n) is 11.3. The van der Waals surface area contributed by atoms with Gasteiger partial charge in [0.25, 0.3) is 5.91 Å². The lowest BCUT2D eigenvalue weighted by atomic mass is 10.1. The summed E-state index contributed by atoms with van der Waals surface area (Å²) in [4.78, 5) is 26.2. The van der Waals surface area contributed by atoms with Crippen LogP contribution in [0.1, 0.15) is 23.3 Å².